The van der Waals surface area contributed by atoms with Gasteiger partial charge in [-0.1, -0.05) is 38.5 Å². The minimum absolute atomic E-state index is 0.542. The van der Waals surface area contributed by atoms with E-state index < -0.39 is 0 Å². The van der Waals surface area contributed by atoms with Crippen LogP contribution in [0, 0.1) is 5.92 Å². The van der Waals surface area contributed by atoms with Gasteiger partial charge in [0.2, 0.25) is 0 Å². The summed E-state index contributed by atoms with van der Waals surface area (Å²) >= 11 is 0. The average molecular weight is 352 g/mol. The molecule has 0 heterocycles. The molecule has 25 heavy (non-hydrogen) atoms. The van der Waals surface area contributed by atoms with E-state index in [2.05, 4.69) is 91.3 Å². The molecule has 0 fully saturated rings. The van der Waals surface area contributed by atoms with Crippen molar-refractivity contribution in [3.63, 3.8) is 0 Å². The standard InChI is InChI=1S/C20H39N3.C2H6/c1-15(2)19(13-22(8)9)18(5)20(14-23(10)11)17(4)16(3)12-21(6)7;1-2/h16H,1,12-14H2,2-11H3;1-2H3/b19-18-,20-17-;. The fourth-order valence-electron chi connectivity index (χ4n) is 2.91. The lowest BCUT2D eigenvalue weighted by Crippen LogP contribution is -2.24. The second-order valence-electron chi connectivity index (χ2n) is 7.68. The van der Waals surface area contributed by atoms with Crippen molar-refractivity contribution in [1.82, 2.24) is 14.7 Å². The molecule has 0 aliphatic heterocycles. The van der Waals surface area contributed by atoms with Gasteiger partial charge in [0, 0.05) is 19.6 Å². The Morgan fingerprint density at radius 2 is 1.16 bits per heavy atom. The average Bonchev–Trinajstić information content (AvgIpc) is 2.49. The molecule has 3 nitrogen and oxygen atoms in total. The van der Waals surface area contributed by atoms with Gasteiger partial charge in [0.1, 0.15) is 0 Å². The van der Waals surface area contributed by atoms with Gasteiger partial charge in [0.25, 0.3) is 0 Å². The Bertz CT molecular complexity index is 454. The summed E-state index contributed by atoms with van der Waals surface area (Å²) in [6.07, 6.45) is 0. The van der Waals surface area contributed by atoms with Gasteiger partial charge in [-0.15, -0.1) is 0 Å². The van der Waals surface area contributed by atoms with E-state index in [1.165, 1.54) is 27.9 Å². The highest BCUT2D eigenvalue weighted by molar-refractivity contribution is 5.45. The van der Waals surface area contributed by atoms with Crippen LogP contribution in [-0.2, 0) is 0 Å². The molecule has 0 bridgehead atoms. The van der Waals surface area contributed by atoms with E-state index in [-0.39, 0.29) is 0 Å². The Hall–Kier alpha value is -0.900. The number of nitrogens with zero attached hydrogens (tertiary/aromatic N) is 3. The Morgan fingerprint density at radius 1 is 0.760 bits per heavy atom. The van der Waals surface area contributed by atoms with Crippen LogP contribution in [0.2, 0.25) is 0 Å². The second kappa shape index (κ2) is 13.3. The van der Waals surface area contributed by atoms with Gasteiger partial charge in [-0.3, -0.25) is 0 Å². The van der Waals surface area contributed by atoms with E-state index in [0.29, 0.717) is 5.92 Å². The fourth-order valence-corrected chi connectivity index (χ4v) is 2.91. The Balaban J connectivity index is 0. The summed E-state index contributed by atoms with van der Waals surface area (Å²) in [6.45, 7) is 20.2. The molecule has 3 heteroatoms. The first-order valence-electron chi connectivity index (χ1n) is 9.47. The van der Waals surface area contributed by atoms with Gasteiger partial charge >= 0.3 is 0 Å². The van der Waals surface area contributed by atoms with Gasteiger partial charge < -0.3 is 14.7 Å². The van der Waals surface area contributed by atoms with E-state index in [9.17, 15) is 0 Å². The molecular weight excluding hydrogens is 306 g/mol. The number of likely N-dealkylation sites (N-methyl/N-ethyl adjacent to an activating group) is 2. The smallest absolute Gasteiger partial charge is 0.0232 e. The van der Waals surface area contributed by atoms with Crippen molar-refractivity contribution in [3.8, 4) is 0 Å². The Morgan fingerprint density at radius 3 is 1.48 bits per heavy atom. The summed E-state index contributed by atoms with van der Waals surface area (Å²) in [7, 11) is 12.8. The molecule has 0 saturated carbocycles. The van der Waals surface area contributed by atoms with Crippen LogP contribution in [0.5, 0.6) is 0 Å². The van der Waals surface area contributed by atoms with Crippen molar-refractivity contribution in [2.24, 2.45) is 5.92 Å². The number of rotatable bonds is 9. The van der Waals surface area contributed by atoms with Crippen molar-refractivity contribution in [2.45, 2.75) is 41.5 Å². The van der Waals surface area contributed by atoms with E-state index in [1.807, 2.05) is 13.8 Å². The predicted octanol–water partition coefficient (Wildman–Crippen LogP) is 4.54. The van der Waals surface area contributed by atoms with Gasteiger partial charge in [-0.25, -0.2) is 0 Å². The maximum Gasteiger partial charge on any atom is 0.0232 e. The molecule has 1 atom stereocenters. The normalized spacial score (nSPS) is 14.8. The van der Waals surface area contributed by atoms with Gasteiger partial charge in [0.15, 0.2) is 0 Å². The van der Waals surface area contributed by atoms with E-state index >= 15 is 0 Å². The molecular formula is C22H45N3. The van der Waals surface area contributed by atoms with E-state index in [1.54, 1.807) is 0 Å². The van der Waals surface area contributed by atoms with Gasteiger partial charge in [-0.2, -0.15) is 0 Å². The lowest BCUT2D eigenvalue weighted by Gasteiger charge is -2.26. The Kier molecular flexibility index (Phi) is 14.0. The highest BCUT2D eigenvalue weighted by atomic mass is 15.1. The number of hydrogen-bond acceptors (Lipinski definition) is 3. The van der Waals surface area contributed by atoms with Crippen molar-refractivity contribution in [2.75, 3.05) is 61.9 Å². The lowest BCUT2D eigenvalue weighted by molar-refractivity contribution is 0.360. The maximum atomic E-state index is 4.21. The van der Waals surface area contributed by atoms with Gasteiger partial charge in [0.05, 0.1) is 0 Å². The molecule has 0 spiro atoms. The highest BCUT2D eigenvalue weighted by Gasteiger charge is 2.16. The molecule has 0 radical (unpaired) electrons. The quantitative estimate of drug-likeness (QED) is 0.565. The van der Waals surface area contributed by atoms with Crippen molar-refractivity contribution < 1.29 is 0 Å². The minimum atomic E-state index is 0.542. The van der Waals surface area contributed by atoms with Crippen LogP contribution < -0.4 is 0 Å². The van der Waals surface area contributed by atoms with Gasteiger partial charge in [-0.05, 0) is 85.7 Å². The van der Waals surface area contributed by atoms with Crippen LogP contribution in [0.1, 0.15) is 41.5 Å². The van der Waals surface area contributed by atoms with Crippen LogP contribution in [0.25, 0.3) is 0 Å². The SMILES string of the molecule is C=C(C)/C(CN(C)C)=C(C)\C(CN(C)C)=C(\C)C(C)CN(C)C.CC. The van der Waals surface area contributed by atoms with Crippen LogP contribution in [-0.4, -0.2) is 76.6 Å². The monoisotopic (exact) mass is 351 g/mol. The molecule has 0 N–H and O–H groups in total. The first-order valence-corrected chi connectivity index (χ1v) is 9.47. The van der Waals surface area contributed by atoms with E-state index in [4.69, 9.17) is 0 Å². The zero-order valence-electron chi connectivity index (χ0n) is 19.2. The first-order chi connectivity index (χ1) is 11.5. The largest absolute Gasteiger partial charge is 0.309 e. The summed E-state index contributed by atoms with van der Waals surface area (Å²) in [5.41, 5.74) is 6.87. The molecule has 0 saturated heterocycles. The second-order valence-corrected chi connectivity index (χ2v) is 7.68. The number of hydrogen-bond donors (Lipinski definition) is 0. The van der Waals surface area contributed by atoms with Crippen LogP contribution in [0.4, 0.5) is 0 Å². The Labute approximate surface area is 159 Å². The zero-order valence-corrected chi connectivity index (χ0v) is 19.2. The summed E-state index contributed by atoms with van der Waals surface area (Å²) in [4.78, 5) is 6.75. The predicted molar refractivity (Wildman–Crippen MR) is 116 cm³/mol. The fraction of sp³-hybridized carbons (Fsp3) is 0.727. The maximum absolute atomic E-state index is 4.21. The third-order valence-corrected chi connectivity index (χ3v) is 4.22. The summed E-state index contributed by atoms with van der Waals surface area (Å²) < 4.78 is 0. The molecule has 0 aromatic carbocycles. The summed E-state index contributed by atoms with van der Waals surface area (Å²) in [6, 6.07) is 0. The van der Waals surface area contributed by atoms with Crippen LogP contribution in [0.15, 0.2) is 34.4 Å². The third-order valence-electron chi connectivity index (χ3n) is 4.22. The highest BCUT2D eigenvalue weighted by Crippen LogP contribution is 2.27. The molecule has 0 amide bonds. The topological polar surface area (TPSA) is 9.72 Å². The van der Waals surface area contributed by atoms with Crippen molar-refractivity contribution in [1.29, 1.82) is 0 Å². The molecule has 0 rings (SSSR count). The lowest BCUT2D eigenvalue weighted by atomic mass is 9.88. The van der Waals surface area contributed by atoms with Crippen LogP contribution >= 0.6 is 0 Å². The summed E-state index contributed by atoms with van der Waals surface area (Å²) in [5, 5.41) is 0. The molecule has 148 valence electrons. The summed E-state index contributed by atoms with van der Waals surface area (Å²) in [5.74, 6) is 0.542. The van der Waals surface area contributed by atoms with Crippen molar-refractivity contribution in [3.05, 3.63) is 34.4 Å². The third kappa shape index (κ3) is 10.6. The zero-order chi connectivity index (χ0) is 20.3. The minimum Gasteiger partial charge on any atom is -0.309 e. The van der Waals surface area contributed by atoms with Crippen LogP contribution in [0.3, 0.4) is 0 Å². The van der Waals surface area contributed by atoms with E-state index in [0.717, 1.165) is 19.6 Å². The molecule has 0 aliphatic carbocycles. The molecule has 0 aromatic rings. The van der Waals surface area contributed by atoms with Crippen molar-refractivity contribution >= 4 is 0 Å². The molecule has 0 aromatic heterocycles. The molecule has 1 unspecified atom stereocenters. The molecule has 0 aliphatic rings. The first kappa shape index (κ1) is 26.3.